The van der Waals surface area contributed by atoms with Gasteiger partial charge in [0.25, 0.3) is 0 Å². The van der Waals surface area contributed by atoms with Crippen molar-refractivity contribution in [1.29, 1.82) is 0 Å². The van der Waals surface area contributed by atoms with Gasteiger partial charge in [0, 0.05) is 37.4 Å². The third-order valence-electron chi connectivity index (χ3n) is 2.51. The van der Waals surface area contributed by atoms with Crippen LogP contribution in [0.4, 0.5) is 0 Å². The number of aryl methyl sites for hydroxylation is 1. The zero-order valence-electron chi connectivity index (χ0n) is 9.50. The molecule has 0 aliphatic heterocycles. The average molecular weight is 219 g/mol. The number of hydrogen-bond acceptors (Lipinski definition) is 3. The molecule has 0 fully saturated rings. The van der Waals surface area contributed by atoms with Crippen LogP contribution in [-0.4, -0.2) is 38.2 Å². The van der Waals surface area contributed by atoms with Crippen molar-refractivity contribution in [2.24, 2.45) is 0 Å². The first-order valence-electron chi connectivity index (χ1n) is 5.47. The highest BCUT2D eigenvalue weighted by Gasteiger charge is 2.00. The predicted octanol–water partition coefficient (Wildman–Crippen LogP) is 1.13. The maximum atomic E-state index is 4.02. The van der Waals surface area contributed by atoms with Crippen LogP contribution in [0.5, 0.6) is 0 Å². The summed E-state index contributed by atoms with van der Waals surface area (Å²) in [5.41, 5.74) is 1.16. The summed E-state index contributed by atoms with van der Waals surface area (Å²) in [4.78, 5) is 6.30. The van der Waals surface area contributed by atoms with Crippen LogP contribution in [0, 0.1) is 0 Å². The molecule has 16 heavy (non-hydrogen) atoms. The molecule has 5 nitrogen and oxygen atoms in total. The predicted molar refractivity (Wildman–Crippen MR) is 61.8 cm³/mol. The van der Waals surface area contributed by atoms with E-state index in [0.29, 0.717) is 0 Å². The Kier molecular flexibility index (Phi) is 3.71. The summed E-state index contributed by atoms with van der Waals surface area (Å²) in [6, 6.07) is 2.01. The summed E-state index contributed by atoms with van der Waals surface area (Å²) in [5.74, 6) is 0. The van der Waals surface area contributed by atoms with E-state index in [1.165, 1.54) is 0 Å². The zero-order valence-corrected chi connectivity index (χ0v) is 9.50. The monoisotopic (exact) mass is 219 g/mol. The number of nitrogens with one attached hydrogen (secondary N) is 1. The molecule has 2 rings (SSSR count). The van der Waals surface area contributed by atoms with Gasteiger partial charge in [-0.05, 0) is 26.1 Å². The van der Waals surface area contributed by atoms with Crippen molar-refractivity contribution >= 4 is 0 Å². The Morgan fingerprint density at radius 3 is 3.06 bits per heavy atom. The Balaban J connectivity index is 1.66. The van der Waals surface area contributed by atoms with Crippen LogP contribution >= 0.6 is 0 Å². The number of rotatable bonds is 6. The van der Waals surface area contributed by atoms with Crippen LogP contribution in [0.15, 0.2) is 31.0 Å². The van der Waals surface area contributed by atoms with Crippen molar-refractivity contribution in [3.63, 3.8) is 0 Å². The van der Waals surface area contributed by atoms with Crippen molar-refractivity contribution in [2.45, 2.75) is 19.5 Å². The highest BCUT2D eigenvalue weighted by molar-refractivity contribution is 4.96. The lowest BCUT2D eigenvalue weighted by Crippen LogP contribution is -2.20. The molecular formula is C11H17N5. The van der Waals surface area contributed by atoms with E-state index >= 15 is 0 Å². The molecule has 0 saturated heterocycles. The highest BCUT2D eigenvalue weighted by Crippen LogP contribution is 1.99. The summed E-state index contributed by atoms with van der Waals surface area (Å²) in [5, 5.41) is 6.90. The van der Waals surface area contributed by atoms with Crippen LogP contribution < -0.4 is 0 Å². The molecular weight excluding hydrogens is 202 g/mol. The molecule has 0 aliphatic carbocycles. The lowest BCUT2D eigenvalue weighted by atomic mass is 10.3. The van der Waals surface area contributed by atoms with E-state index in [2.05, 4.69) is 31.7 Å². The molecule has 5 heteroatoms. The van der Waals surface area contributed by atoms with Gasteiger partial charge < -0.3 is 9.47 Å². The van der Waals surface area contributed by atoms with Crippen molar-refractivity contribution < 1.29 is 0 Å². The molecule has 0 unspecified atom stereocenters. The largest absolute Gasteiger partial charge is 0.337 e. The average Bonchev–Trinajstić information content (AvgIpc) is 2.90. The van der Waals surface area contributed by atoms with Gasteiger partial charge in [0.15, 0.2) is 0 Å². The maximum Gasteiger partial charge on any atom is 0.0945 e. The smallest absolute Gasteiger partial charge is 0.0945 e. The molecule has 0 amide bonds. The first-order chi connectivity index (χ1) is 7.84. The third kappa shape index (κ3) is 3.20. The molecule has 0 spiro atoms. The van der Waals surface area contributed by atoms with Crippen LogP contribution in [0.2, 0.25) is 0 Å². The van der Waals surface area contributed by atoms with Gasteiger partial charge in [-0.25, -0.2) is 4.98 Å². The molecule has 2 aromatic rings. The Morgan fingerprint density at radius 1 is 1.44 bits per heavy atom. The molecule has 0 bridgehead atoms. The van der Waals surface area contributed by atoms with E-state index < -0.39 is 0 Å². The number of aromatic nitrogens is 4. The van der Waals surface area contributed by atoms with Crippen LogP contribution in [0.1, 0.15) is 12.1 Å². The third-order valence-corrected chi connectivity index (χ3v) is 2.51. The Morgan fingerprint density at radius 2 is 2.38 bits per heavy atom. The van der Waals surface area contributed by atoms with E-state index in [0.717, 1.165) is 31.7 Å². The Hall–Kier alpha value is -1.62. The SMILES string of the molecule is CN(CCCn1ccnc1)Cc1ccn[nH]1. The van der Waals surface area contributed by atoms with Crippen LogP contribution in [0.25, 0.3) is 0 Å². The number of nitrogens with zero attached hydrogens (tertiary/aromatic N) is 4. The molecule has 1 N–H and O–H groups in total. The number of imidazole rings is 1. The highest BCUT2D eigenvalue weighted by atomic mass is 15.2. The molecule has 0 saturated carbocycles. The van der Waals surface area contributed by atoms with Gasteiger partial charge in [-0.1, -0.05) is 0 Å². The van der Waals surface area contributed by atoms with E-state index in [1.807, 2.05) is 24.8 Å². The Bertz CT molecular complexity index is 378. The van der Waals surface area contributed by atoms with E-state index in [9.17, 15) is 0 Å². The van der Waals surface area contributed by atoms with Crippen LogP contribution in [-0.2, 0) is 13.1 Å². The standard InChI is InChI=1S/C11H17N5/c1-15(9-11-3-4-13-14-11)6-2-7-16-8-5-12-10-16/h3-5,8,10H,2,6-7,9H2,1H3,(H,13,14). The van der Waals surface area contributed by atoms with Gasteiger partial charge in [0.1, 0.15) is 0 Å². The van der Waals surface area contributed by atoms with Gasteiger partial charge in [-0.15, -0.1) is 0 Å². The van der Waals surface area contributed by atoms with Crippen molar-refractivity contribution in [3.8, 4) is 0 Å². The number of hydrogen-bond donors (Lipinski definition) is 1. The van der Waals surface area contributed by atoms with Gasteiger partial charge in [-0.2, -0.15) is 5.10 Å². The molecule has 2 heterocycles. The second kappa shape index (κ2) is 5.46. The first kappa shape index (κ1) is 10.9. The lowest BCUT2D eigenvalue weighted by Gasteiger charge is -2.15. The molecule has 0 radical (unpaired) electrons. The summed E-state index contributed by atoms with van der Waals surface area (Å²) >= 11 is 0. The minimum atomic E-state index is 0.921. The Labute approximate surface area is 95.1 Å². The lowest BCUT2D eigenvalue weighted by molar-refractivity contribution is 0.310. The van der Waals surface area contributed by atoms with Gasteiger partial charge in [0.2, 0.25) is 0 Å². The second-order valence-corrected chi connectivity index (χ2v) is 3.97. The second-order valence-electron chi connectivity index (χ2n) is 3.97. The van der Waals surface area contributed by atoms with E-state index in [-0.39, 0.29) is 0 Å². The van der Waals surface area contributed by atoms with Crippen LogP contribution in [0.3, 0.4) is 0 Å². The topological polar surface area (TPSA) is 49.7 Å². The molecule has 2 aromatic heterocycles. The fourth-order valence-corrected chi connectivity index (χ4v) is 1.68. The fraction of sp³-hybridized carbons (Fsp3) is 0.455. The number of H-pyrrole nitrogens is 1. The first-order valence-corrected chi connectivity index (χ1v) is 5.47. The maximum absolute atomic E-state index is 4.02. The zero-order chi connectivity index (χ0) is 11.2. The number of aromatic amines is 1. The molecule has 0 aromatic carbocycles. The van der Waals surface area contributed by atoms with Gasteiger partial charge in [0.05, 0.1) is 6.33 Å². The minimum absolute atomic E-state index is 0.921. The fourth-order valence-electron chi connectivity index (χ4n) is 1.68. The van der Waals surface area contributed by atoms with Crippen molar-refractivity contribution in [3.05, 3.63) is 36.7 Å². The summed E-state index contributed by atoms with van der Waals surface area (Å²) in [7, 11) is 2.12. The summed E-state index contributed by atoms with van der Waals surface area (Å²) < 4.78 is 2.10. The molecule has 0 aliphatic rings. The molecule has 86 valence electrons. The summed E-state index contributed by atoms with van der Waals surface area (Å²) in [6.07, 6.45) is 8.58. The van der Waals surface area contributed by atoms with E-state index in [1.54, 1.807) is 6.20 Å². The van der Waals surface area contributed by atoms with Gasteiger partial charge in [-0.3, -0.25) is 5.10 Å². The van der Waals surface area contributed by atoms with Crippen molar-refractivity contribution in [2.75, 3.05) is 13.6 Å². The molecule has 0 atom stereocenters. The quantitative estimate of drug-likeness (QED) is 0.792. The van der Waals surface area contributed by atoms with Crippen molar-refractivity contribution in [1.82, 2.24) is 24.6 Å². The summed E-state index contributed by atoms with van der Waals surface area (Å²) in [6.45, 7) is 3.01. The van der Waals surface area contributed by atoms with E-state index in [4.69, 9.17) is 0 Å². The minimum Gasteiger partial charge on any atom is -0.337 e. The normalized spacial score (nSPS) is 11.1. The van der Waals surface area contributed by atoms with Gasteiger partial charge >= 0.3 is 0 Å².